The molecular weight excluding hydrogens is 328 g/mol. The van der Waals surface area contributed by atoms with E-state index in [0.29, 0.717) is 18.1 Å². The zero-order chi connectivity index (χ0) is 15.9. The van der Waals surface area contributed by atoms with Gasteiger partial charge in [0, 0.05) is 23.9 Å². The fraction of sp³-hybridized carbons (Fsp3) is 0.571. The molecule has 7 heteroatoms. The van der Waals surface area contributed by atoms with E-state index < -0.39 is 10.0 Å². The third kappa shape index (κ3) is 5.79. The molecular formula is C14H23ClN2O2S2. The van der Waals surface area contributed by atoms with Gasteiger partial charge in [0.15, 0.2) is 0 Å². The van der Waals surface area contributed by atoms with Crippen LogP contribution < -0.4 is 10.0 Å². The lowest BCUT2D eigenvalue weighted by Gasteiger charge is -2.14. The smallest absolute Gasteiger partial charge is 0.240 e. The first-order valence-electron chi connectivity index (χ1n) is 6.90. The van der Waals surface area contributed by atoms with Gasteiger partial charge in [-0.1, -0.05) is 18.5 Å². The van der Waals surface area contributed by atoms with Crippen LogP contribution in [0.1, 0.15) is 24.5 Å². The third-order valence-electron chi connectivity index (χ3n) is 3.06. The number of nitrogens with one attached hydrogen (secondary N) is 2. The standard InChI is InChI=1S/C14H23ClN2O2S2/c1-4-5-16-10-12-8-13(15)9-14(11(12)2)21(18,19)17-6-7-20-3/h8-9,16-17H,4-7,10H2,1-3H3. The molecule has 0 aromatic heterocycles. The number of halogens is 1. The summed E-state index contributed by atoms with van der Waals surface area (Å²) in [7, 11) is -3.51. The maximum atomic E-state index is 12.4. The molecule has 0 aliphatic carbocycles. The molecule has 0 heterocycles. The molecule has 0 bridgehead atoms. The van der Waals surface area contributed by atoms with E-state index in [4.69, 9.17) is 11.6 Å². The summed E-state index contributed by atoms with van der Waals surface area (Å²) in [5.41, 5.74) is 1.67. The lowest BCUT2D eigenvalue weighted by molar-refractivity contribution is 0.583. The van der Waals surface area contributed by atoms with Crippen molar-refractivity contribution in [3.05, 3.63) is 28.3 Å². The van der Waals surface area contributed by atoms with Crippen LogP contribution in [-0.2, 0) is 16.6 Å². The molecule has 4 nitrogen and oxygen atoms in total. The van der Waals surface area contributed by atoms with Crippen molar-refractivity contribution in [2.24, 2.45) is 0 Å². The minimum Gasteiger partial charge on any atom is -0.313 e. The van der Waals surface area contributed by atoms with Crippen molar-refractivity contribution in [2.45, 2.75) is 31.7 Å². The lowest BCUT2D eigenvalue weighted by Crippen LogP contribution is -2.27. The van der Waals surface area contributed by atoms with Gasteiger partial charge in [-0.2, -0.15) is 11.8 Å². The molecule has 0 amide bonds. The van der Waals surface area contributed by atoms with Crippen LogP contribution in [0.2, 0.25) is 5.02 Å². The third-order valence-corrected chi connectivity index (χ3v) is 5.48. The van der Waals surface area contributed by atoms with Crippen LogP contribution in [-0.4, -0.2) is 33.5 Å². The normalized spacial score (nSPS) is 11.8. The fourth-order valence-corrected chi connectivity index (χ4v) is 4.01. The van der Waals surface area contributed by atoms with E-state index in [2.05, 4.69) is 17.0 Å². The average molecular weight is 351 g/mol. The molecule has 0 radical (unpaired) electrons. The zero-order valence-corrected chi connectivity index (χ0v) is 15.1. The van der Waals surface area contributed by atoms with E-state index in [1.165, 1.54) is 6.07 Å². The average Bonchev–Trinajstić information content (AvgIpc) is 2.42. The number of hydrogen-bond donors (Lipinski definition) is 2. The Morgan fingerprint density at radius 1 is 1.29 bits per heavy atom. The number of thioether (sulfide) groups is 1. The summed E-state index contributed by atoms with van der Waals surface area (Å²) in [5.74, 6) is 0.740. The van der Waals surface area contributed by atoms with E-state index in [0.717, 1.165) is 29.8 Å². The number of benzene rings is 1. The molecule has 0 aliphatic heterocycles. The topological polar surface area (TPSA) is 58.2 Å². The molecule has 0 aliphatic rings. The van der Waals surface area contributed by atoms with Gasteiger partial charge in [-0.3, -0.25) is 0 Å². The van der Waals surface area contributed by atoms with Crippen molar-refractivity contribution < 1.29 is 8.42 Å². The second kappa shape index (κ2) is 9.00. The SMILES string of the molecule is CCCNCc1cc(Cl)cc(S(=O)(=O)NCCSC)c1C. The van der Waals surface area contributed by atoms with Gasteiger partial charge in [-0.05, 0) is 49.4 Å². The second-order valence-corrected chi connectivity index (χ2v) is 7.91. The first-order chi connectivity index (χ1) is 9.92. The molecule has 0 saturated carbocycles. The van der Waals surface area contributed by atoms with Crippen LogP contribution in [0, 0.1) is 6.92 Å². The highest BCUT2D eigenvalue weighted by Crippen LogP contribution is 2.24. The number of rotatable bonds is 9. The Kier molecular flexibility index (Phi) is 8.05. The van der Waals surface area contributed by atoms with E-state index in [9.17, 15) is 8.42 Å². The van der Waals surface area contributed by atoms with Crippen LogP contribution in [0.25, 0.3) is 0 Å². The van der Waals surface area contributed by atoms with Crippen molar-refractivity contribution in [2.75, 3.05) is 25.1 Å². The maximum absolute atomic E-state index is 12.4. The Morgan fingerprint density at radius 2 is 2.00 bits per heavy atom. The summed E-state index contributed by atoms with van der Waals surface area (Å²) >= 11 is 7.68. The lowest BCUT2D eigenvalue weighted by atomic mass is 10.1. The second-order valence-electron chi connectivity index (χ2n) is 4.76. The summed E-state index contributed by atoms with van der Waals surface area (Å²) in [4.78, 5) is 0.268. The summed E-state index contributed by atoms with van der Waals surface area (Å²) in [6, 6.07) is 3.34. The molecule has 1 rings (SSSR count). The van der Waals surface area contributed by atoms with E-state index in [1.807, 2.05) is 19.2 Å². The first kappa shape index (κ1) is 18.8. The maximum Gasteiger partial charge on any atom is 0.240 e. The zero-order valence-electron chi connectivity index (χ0n) is 12.7. The molecule has 21 heavy (non-hydrogen) atoms. The number of sulfonamides is 1. The van der Waals surface area contributed by atoms with Gasteiger partial charge in [-0.25, -0.2) is 13.1 Å². The molecule has 0 atom stereocenters. The van der Waals surface area contributed by atoms with Crippen molar-refractivity contribution in [1.29, 1.82) is 0 Å². The largest absolute Gasteiger partial charge is 0.313 e. The number of hydrogen-bond acceptors (Lipinski definition) is 4. The van der Waals surface area contributed by atoms with Crippen LogP contribution in [0.5, 0.6) is 0 Å². The molecule has 1 aromatic carbocycles. The van der Waals surface area contributed by atoms with E-state index in [-0.39, 0.29) is 4.90 Å². The predicted octanol–water partition coefficient (Wildman–Crippen LogP) is 2.79. The van der Waals surface area contributed by atoms with Crippen LogP contribution in [0.4, 0.5) is 0 Å². The van der Waals surface area contributed by atoms with Gasteiger partial charge in [0.25, 0.3) is 0 Å². The molecule has 0 saturated heterocycles. The first-order valence-corrected chi connectivity index (χ1v) is 10.2. The van der Waals surface area contributed by atoms with Crippen molar-refractivity contribution in [3.63, 3.8) is 0 Å². The molecule has 120 valence electrons. The Labute approximate surface area is 137 Å². The monoisotopic (exact) mass is 350 g/mol. The quantitative estimate of drug-likeness (QED) is 0.672. The Hall–Kier alpha value is -0.270. The van der Waals surface area contributed by atoms with Gasteiger partial charge in [-0.15, -0.1) is 0 Å². The van der Waals surface area contributed by atoms with Crippen molar-refractivity contribution in [3.8, 4) is 0 Å². The van der Waals surface area contributed by atoms with Gasteiger partial charge < -0.3 is 5.32 Å². The van der Waals surface area contributed by atoms with Gasteiger partial charge >= 0.3 is 0 Å². The summed E-state index contributed by atoms with van der Waals surface area (Å²) in [6.07, 6.45) is 2.97. The minimum absolute atomic E-state index is 0.268. The summed E-state index contributed by atoms with van der Waals surface area (Å²) in [6.45, 7) is 5.83. The van der Waals surface area contributed by atoms with E-state index in [1.54, 1.807) is 11.8 Å². The molecule has 0 unspecified atom stereocenters. The highest BCUT2D eigenvalue weighted by atomic mass is 35.5. The Balaban J connectivity index is 3.01. The Bertz CT molecular complexity index is 562. The van der Waals surface area contributed by atoms with Crippen molar-refractivity contribution >= 4 is 33.4 Å². The van der Waals surface area contributed by atoms with Crippen LogP contribution in [0.15, 0.2) is 17.0 Å². The van der Waals surface area contributed by atoms with Crippen molar-refractivity contribution in [1.82, 2.24) is 10.0 Å². The molecule has 0 spiro atoms. The van der Waals surface area contributed by atoms with Crippen LogP contribution >= 0.6 is 23.4 Å². The summed E-state index contributed by atoms with van der Waals surface area (Å²) < 4.78 is 27.3. The molecule has 0 fully saturated rings. The highest BCUT2D eigenvalue weighted by Gasteiger charge is 2.19. The predicted molar refractivity (Wildman–Crippen MR) is 91.8 cm³/mol. The molecule has 1 aromatic rings. The highest BCUT2D eigenvalue weighted by molar-refractivity contribution is 7.98. The molecule has 2 N–H and O–H groups in total. The van der Waals surface area contributed by atoms with Gasteiger partial charge in [0.1, 0.15) is 0 Å². The van der Waals surface area contributed by atoms with Crippen LogP contribution in [0.3, 0.4) is 0 Å². The Morgan fingerprint density at radius 3 is 2.62 bits per heavy atom. The van der Waals surface area contributed by atoms with E-state index >= 15 is 0 Å². The minimum atomic E-state index is -3.51. The van der Waals surface area contributed by atoms with Gasteiger partial charge in [0.05, 0.1) is 4.90 Å². The summed E-state index contributed by atoms with van der Waals surface area (Å²) in [5, 5.41) is 3.72. The fourth-order valence-electron chi connectivity index (χ4n) is 1.93. The van der Waals surface area contributed by atoms with Gasteiger partial charge in [0.2, 0.25) is 10.0 Å².